The first-order valence-corrected chi connectivity index (χ1v) is 17.1. The molecule has 0 saturated heterocycles. The Balaban J connectivity index is 1.74. The predicted molar refractivity (Wildman–Crippen MR) is 185 cm³/mol. The second-order valence-electron chi connectivity index (χ2n) is 11.2. The number of nitrogens with one attached hydrogen (secondary N) is 1. The van der Waals surface area contributed by atoms with E-state index >= 15 is 0 Å². The molecule has 0 radical (unpaired) electrons. The van der Waals surface area contributed by atoms with Crippen LogP contribution in [0.5, 0.6) is 0 Å². The van der Waals surface area contributed by atoms with E-state index in [-0.39, 0.29) is 28.9 Å². The molecule has 0 bridgehead atoms. The van der Waals surface area contributed by atoms with E-state index < -0.39 is 22.5 Å². The van der Waals surface area contributed by atoms with Gasteiger partial charge in [-0.05, 0) is 81.2 Å². The molecule has 0 aliphatic rings. The number of hydrogen-bond acceptors (Lipinski definition) is 7. The minimum absolute atomic E-state index is 0.000973. The highest BCUT2D eigenvalue weighted by Gasteiger charge is 2.30. The van der Waals surface area contributed by atoms with Crippen molar-refractivity contribution in [1.82, 2.24) is 19.4 Å². The molecule has 3 N–H and O–H groups in total. The van der Waals surface area contributed by atoms with Crippen molar-refractivity contribution in [3.8, 4) is 0 Å². The number of carbonyl (C=O) groups is 2. The van der Waals surface area contributed by atoms with E-state index in [1.165, 1.54) is 18.3 Å². The van der Waals surface area contributed by atoms with Gasteiger partial charge in [-0.15, -0.1) is 0 Å². The number of rotatable bonds is 17. The summed E-state index contributed by atoms with van der Waals surface area (Å²) in [5.74, 6) is 4.36. The van der Waals surface area contributed by atoms with Crippen molar-refractivity contribution in [2.75, 3.05) is 46.8 Å². The first-order valence-electron chi connectivity index (χ1n) is 14.9. The van der Waals surface area contributed by atoms with Crippen LogP contribution in [0.3, 0.4) is 0 Å². The van der Waals surface area contributed by atoms with Crippen LogP contribution in [0, 0.1) is 6.92 Å². The maximum atomic E-state index is 13.8. The SMILES string of the molecule is Cc1c(Cl)ccc(S(=O)(=O)N(CCc2ccccc2)CC(=O)NCC(=O)N(CCCCN(C)C)Cc2ccc(C=NN)cc2)c1Cl. The van der Waals surface area contributed by atoms with Gasteiger partial charge in [0.1, 0.15) is 4.90 Å². The zero-order chi connectivity index (χ0) is 33.7. The molecule has 0 fully saturated rings. The quantitative estimate of drug-likeness (QED) is 0.0942. The molecule has 0 heterocycles. The van der Waals surface area contributed by atoms with Crippen molar-refractivity contribution >= 4 is 51.3 Å². The molecule has 0 aromatic heterocycles. The van der Waals surface area contributed by atoms with Gasteiger partial charge in [-0.1, -0.05) is 77.8 Å². The van der Waals surface area contributed by atoms with Crippen LogP contribution >= 0.6 is 23.2 Å². The Bertz CT molecular complexity index is 1590. The van der Waals surface area contributed by atoms with Crippen LogP contribution in [0.2, 0.25) is 10.0 Å². The van der Waals surface area contributed by atoms with Gasteiger partial charge in [-0.2, -0.15) is 9.41 Å². The van der Waals surface area contributed by atoms with Crippen LogP contribution in [-0.2, 0) is 32.6 Å². The summed E-state index contributed by atoms with van der Waals surface area (Å²) in [5.41, 5.74) is 3.08. The zero-order valence-corrected chi connectivity index (χ0v) is 28.8. The van der Waals surface area contributed by atoms with Gasteiger partial charge in [0.15, 0.2) is 0 Å². The number of nitrogens with two attached hydrogens (primary N) is 1. The molecular formula is C33H42Cl2N6O4S. The number of carbonyl (C=O) groups excluding carboxylic acids is 2. The van der Waals surface area contributed by atoms with Gasteiger partial charge < -0.3 is 21.0 Å². The Hall–Kier alpha value is -3.48. The molecule has 10 nitrogen and oxygen atoms in total. The van der Waals surface area contributed by atoms with E-state index in [9.17, 15) is 18.0 Å². The van der Waals surface area contributed by atoms with Crippen molar-refractivity contribution in [2.45, 2.75) is 37.6 Å². The lowest BCUT2D eigenvalue weighted by Gasteiger charge is -2.25. The van der Waals surface area contributed by atoms with E-state index in [4.69, 9.17) is 29.0 Å². The average Bonchev–Trinajstić information content (AvgIpc) is 3.03. The number of benzene rings is 3. The van der Waals surface area contributed by atoms with Crippen molar-refractivity contribution in [1.29, 1.82) is 0 Å². The second-order valence-corrected chi connectivity index (χ2v) is 13.9. The third kappa shape index (κ3) is 11.1. The maximum absolute atomic E-state index is 13.8. The van der Waals surface area contributed by atoms with Crippen molar-refractivity contribution in [3.05, 3.63) is 99.0 Å². The van der Waals surface area contributed by atoms with Gasteiger partial charge in [0.05, 0.1) is 24.3 Å². The van der Waals surface area contributed by atoms with Crippen LogP contribution < -0.4 is 11.2 Å². The third-order valence-corrected chi connectivity index (χ3v) is 10.3. The van der Waals surface area contributed by atoms with Gasteiger partial charge in [0.25, 0.3) is 0 Å². The largest absolute Gasteiger partial charge is 0.346 e. The molecule has 0 aliphatic heterocycles. The van der Waals surface area contributed by atoms with Crippen molar-refractivity contribution in [2.24, 2.45) is 10.9 Å². The summed E-state index contributed by atoms with van der Waals surface area (Å²) in [6.45, 7) is 2.62. The number of hydrogen-bond donors (Lipinski definition) is 2. The highest BCUT2D eigenvalue weighted by molar-refractivity contribution is 7.89. The van der Waals surface area contributed by atoms with Gasteiger partial charge in [0, 0.05) is 24.7 Å². The normalized spacial score (nSPS) is 11.8. The fourth-order valence-electron chi connectivity index (χ4n) is 4.70. The molecule has 0 unspecified atom stereocenters. The van der Waals surface area contributed by atoms with Gasteiger partial charge >= 0.3 is 0 Å². The molecule has 0 atom stereocenters. The fourth-order valence-corrected chi connectivity index (χ4v) is 6.88. The van der Waals surface area contributed by atoms with E-state index in [0.29, 0.717) is 30.1 Å². The monoisotopic (exact) mass is 688 g/mol. The zero-order valence-electron chi connectivity index (χ0n) is 26.5. The molecule has 3 aromatic carbocycles. The van der Waals surface area contributed by atoms with E-state index in [2.05, 4.69) is 15.3 Å². The summed E-state index contributed by atoms with van der Waals surface area (Å²) >= 11 is 12.6. The number of halogens is 2. The van der Waals surface area contributed by atoms with Crippen molar-refractivity contribution < 1.29 is 18.0 Å². The molecular weight excluding hydrogens is 647 g/mol. The first kappa shape index (κ1) is 37.0. The summed E-state index contributed by atoms with van der Waals surface area (Å²) in [6, 6.07) is 19.7. The van der Waals surface area contributed by atoms with Crippen molar-refractivity contribution in [3.63, 3.8) is 0 Å². The average molecular weight is 690 g/mol. The smallest absolute Gasteiger partial charge is 0.245 e. The number of nitrogens with zero attached hydrogens (tertiary/aromatic N) is 4. The number of unbranched alkanes of at least 4 members (excludes halogenated alkanes) is 1. The van der Waals surface area contributed by atoms with E-state index in [1.807, 2.05) is 68.7 Å². The molecule has 13 heteroatoms. The Morgan fingerprint density at radius 1 is 0.913 bits per heavy atom. The minimum atomic E-state index is -4.20. The molecule has 0 saturated carbocycles. The Labute approximate surface area is 282 Å². The topological polar surface area (TPSA) is 128 Å². The molecule has 3 aromatic rings. The third-order valence-electron chi connectivity index (χ3n) is 7.36. The summed E-state index contributed by atoms with van der Waals surface area (Å²) in [7, 11) is -0.204. The van der Waals surface area contributed by atoms with Gasteiger partial charge in [0.2, 0.25) is 21.8 Å². The minimum Gasteiger partial charge on any atom is -0.346 e. The summed E-state index contributed by atoms with van der Waals surface area (Å²) in [4.78, 5) is 30.2. The Morgan fingerprint density at radius 2 is 1.59 bits per heavy atom. The molecule has 46 heavy (non-hydrogen) atoms. The lowest BCUT2D eigenvalue weighted by atomic mass is 10.1. The Kier molecular flexibility index (Phi) is 14.5. The van der Waals surface area contributed by atoms with E-state index in [0.717, 1.165) is 40.4 Å². The molecule has 0 spiro atoms. The standard InChI is InChI=1S/C33H42Cl2N6O4S/c1-25-29(34)15-16-30(33(25)35)46(44,45)41(20-17-26-9-5-4-6-10-26)24-31(42)37-22-32(43)40(19-8-7-18-39(2)3)23-28-13-11-27(12-14-28)21-38-36/h4-6,9-16,21H,7-8,17-20,22-24,36H2,1-3H3,(H,37,42). The molecule has 0 aliphatic carbocycles. The molecule has 3 rings (SSSR count). The lowest BCUT2D eigenvalue weighted by molar-refractivity contribution is -0.133. The van der Waals surface area contributed by atoms with Crippen LogP contribution in [0.15, 0.2) is 76.7 Å². The van der Waals surface area contributed by atoms with Crippen LogP contribution in [0.4, 0.5) is 0 Å². The highest BCUT2D eigenvalue weighted by atomic mass is 35.5. The Morgan fingerprint density at radius 3 is 2.24 bits per heavy atom. The first-order chi connectivity index (χ1) is 21.9. The van der Waals surface area contributed by atoms with Gasteiger partial charge in [-0.25, -0.2) is 8.42 Å². The fraction of sp³-hybridized carbons (Fsp3) is 0.364. The summed E-state index contributed by atoms with van der Waals surface area (Å²) < 4.78 is 28.7. The number of hydrazone groups is 1. The number of sulfonamides is 1. The van der Waals surface area contributed by atoms with Crippen LogP contribution in [0.25, 0.3) is 0 Å². The van der Waals surface area contributed by atoms with E-state index in [1.54, 1.807) is 11.8 Å². The van der Waals surface area contributed by atoms with Crippen LogP contribution in [0.1, 0.15) is 35.1 Å². The summed E-state index contributed by atoms with van der Waals surface area (Å²) in [6.07, 6.45) is 3.58. The second kappa shape index (κ2) is 18.0. The number of amides is 2. The van der Waals surface area contributed by atoms with Crippen LogP contribution in [-0.4, -0.2) is 87.4 Å². The highest BCUT2D eigenvalue weighted by Crippen LogP contribution is 2.32. The maximum Gasteiger partial charge on any atom is 0.245 e. The van der Waals surface area contributed by atoms with Gasteiger partial charge in [-0.3, -0.25) is 9.59 Å². The predicted octanol–water partition coefficient (Wildman–Crippen LogP) is 4.31. The summed E-state index contributed by atoms with van der Waals surface area (Å²) in [5, 5.41) is 6.51. The molecule has 2 amide bonds. The lowest BCUT2D eigenvalue weighted by Crippen LogP contribution is -2.45. The molecule has 248 valence electrons.